The standard InChI is InChI=1S/C34H50F3NO4/c1-19(2)26-22(40)17-33(28(41)38-18-34(35,36)37)16-15-31(7)21(27(26)33)9-10-24-30(6)13-12-25(42-20(3)39)29(4,5)23(30)11-14-32(24,31)8/h19,23-26H,9-18H2,1-8H3,(H,38,41)/t23-,24+,25-,26?,30-,31+,32+,33+/m0/s1. The first-order valence-electron chi connectivity index (χ1n) is 16.0. The van der Waals surface area contributed by atoms with E-state index in [2.05, 4.69) is 39.9 Å². The van der Waals surface area contributed by atoms with Crippen LogP contribution in [0.2, 0.25) is 0 Å². The topological polar surface area (TPSA) is 72.5 Å². The molecule has 4 fully saturated rings. The summed E-state index contributed by atoms with van der Waals surface area (Å²) < 4.78 is 45.3. The van der Waals surface area contributed by atoms with E-state index in [-0.39, 0.29) is 51.9 Å². The minimum absolute atomic E-state index is 0.000108. The first-order chi connectivity index (χ1) is 19.2. The van der Waals surface area contributed by atoms with Crippen molar-refractivity contribution >= 4 is 17.7 Å². The summed E-state index contributed by atoms with van der Waals surface area (Å²) >= 11 is 0. The van der Waals surface area contributed by atoms with Crippen LogP contribution in [0.4, 0.5) is 13.2 Å². The molecule has 0 heterocycles. The summed E-state index contributed by atoms with van der Waals surface area (Å²) in [6, 6.07) is 0. The molecular formula is C34H50F3NO4. The predicted molar refractivity (Wildman–Crippen MR) is 154 cm³/mol. The molecule has 0 aromatic heterocycles. The summed E-state index contributed by atoms with van der Waals surface area (Å²) in [4.78, 5) is 39.2. The molecule has 0 aliphatic heterocycles. The molecule has 0 radical (unpaired) electrons. The molecular weight excluding hydrogens is 543 g/mol. The van der Waals surface area contributed by atoms with E-state index in [1.807, 2.05) is 13.8 Å². The molecule has 5 rings (SSSR count). The Morgan fingerprint density at radius 3 is 2.24 bits per heavy atom. The number of nitrogens with one attached hydrogen (secondary N) is 1. The maximum atomic E-state index is 13.7. The molecule has 5 aliphatic rings. The molecule has 1 amide bonds. The second-order valence-electron chi connectivity index (χ2n) is 16.0. The fourth-order valence-corrected chi connectivity index (χ4v) is 11.5. The van der Waals surface area contributed by atoms with Crippen molar-refractivity contribution in [1.82, 2.24) is 5.32 Å². The number of amides is 1. The Bertz CT molecular complexity index is 1210. The summed E-state index contributed by atoms with van der Waals surface area (Å²) in [6.45, 7) is 15.8. The Hall–Kier alpha value is -1.86. The van der Waals surface area contributed by atoms with Crippen molar-refractivity contribution in [3.05, 3.63) is 11.1 Å². The van der Waals surface area contributed by atoms with E-state index in [9.17, 15) is 27.6 Å². The van der Waals surface area contributed by atoms with Gasteiger partial charge in [0.2, 0.25) is 5.91 Å². The van der Waals surface area contributed by atoms with E-state index in [0.717, 1.165) is 44.1 Å². The van der Waals surface area contributed by atoms with Gasteiger partial charge in [0.25, 0.3) is 0 Å². The number of ketones is 1. The lowest BCUT2D eigenvalue weighted by Crippen LogP contribution is -2.64. The summed E-state index contributed by atoms with van der Waals surface area (Å²) in [6.07, 6.45) is 2.02. The van der Waals surface area contributed by atoms with Crippen molar-refractivity contribution in [3.8, 4) is 0 Å². The fraction of sp³-hybridized carbons (Fsp3) is 0.853. The number of fused-ring (bicyclic) bond motifs is 6. The van der Waals surface area contributed by atoms with Crippen LogP contribution in [0, 0.1) is 50.7 Å². The second-order valence-corrected chi connectivity index (χ2v) is 16.0. The van der Waals surface area contributed by atoms with Crippen molar-refractivity contribution in [2.24, 2.45) is 50.7 Å². The average Bonchev–Trinajstić information content (AvgIpc) is 3.17. The van der Waals surface area contributed by atoms with Crippen molar-refractivity contribution < 1.29 is 32.3 Å². The number of carbonyl (C=O) groups excluding carboxylic acids is 3. The van der Waals surface area contributed by atoms with Gasteiger partial charge in [-0.3, -0.25) is 14.4 Å². The molecule has 0 saturated heterocycles. The van der Waals surface area contributed by atoms with Crippen molar-refractivity contribution in [2.75, 3.05) is 6.54 Å². The molecule has 8 atom stereocenters. The summed E-state index contributed by atoms with van der Waals surface area (Å²) in [5, 5.41) is 2.19. The Morgan fingerprint density at radius 1 is 0.976 bits per heavy atom. The quantitative estimate of drug-likeness (QED) is 0.270. The van der Waals surface area contributed by atoms with E-state index >= 15 is 0 Å². The van der Waals surface area contributed by atoms with Crippen LogP contribution in [0.3, 0.4) is 0 Å². The Labute approximate surface area is 249 Å². The molecule has 1 unspecified atom stereocenters. The van der Waals surface area contributed by atoms with E-state index in [1.54, 1.807) is 0 Å². The van der Waals surface area contributed by atoms with Crippen LogP contribution in [0.5, 0.6) is 0 Å². The number of ether oxygens (including phenoxy) is 1. The Morgan fingerprint density at radius 2 is 1.64 bits per heavy atom. The van der Waals surface area contributed by atoms with Crippen LogP contribution in [0.1, 0.15) is 113 Å². The predicted octanol–water partition coefficient (Wildman–Crippen LogP) is 7.58. The lowest BCUT2D eigenvalue weighted by atomic mass is 9.34. The van der Waals surface area contributed by atoms with Gasteiger partial charge in [0.05, 0.1) is 5.41 Å². The van der Waals surface area contributed by atoms with Crippen LogP contribution >= 0.6 is 0 Å². The molecule has 5 nitrogen and oxygen atoms in total. The molecule has 5 aliphatic carbocycles. The normalized spacial score (nSPS) is 42.8. The van der Waals surface area contributed by atoms with Crippen molar-refractivity contribution in [1.29, 1.82) is 0 Å². The third-order valence-electron chi connectivity index (χ3n) is 13.5. The van der Waals surface area contributed by atoms with Gasteiger partial charge >= 0.3 is 12.1 Å². The molecule has 42 heavy (non-hydrogen) atoms. The molecule has 8 heteroatoms. The number of Topliss-reactive ketones (excluding diaryl/α,β-unsaturated/α-hetero) is 1. The van der Waals surface area contributed by atoms with E-state index in [1.165, 1.54) is 12.5 Å². The molecule has 1 N–H and O–H groups in total. The highest BCUT2D eigenvalue weighted by Crippen LogP contribution is 2.76. The highest BCUT2D eigenvalue weighted by atomic mass is 19.4. The molecule has 4 saturated carbocycles. The number of hydrogen-bond acceptors (Lipinski definition) is 4. The highest BCUT2D eigenvalue weighted by Gasteiger charge is 2.69. The maximum Gasteiger partial charge on any atom is 0.405 e. The summed E-state index contributed by atoms with van der Waals surface area (Å²) in [5.74, 6) is -0.517. The van der Waals surface area contributed by atoms with Crippen LogP contribution in [0.15, 0.2) is 11.1 Å². The zero-order valence-corrected chi connectivity index (χ0v) is 26.7. The lowest BCUT2D eigenvalue weighted by molar-refractivity contribution is -0.213. The van der Waals surface area contributed by atoms with Gasteiger partial charge in [-0.2, -0.15) is 13.2 Å². The molecule has 0 bridgehead atoms. The number of carbonyl (C=O) groups is 3. The number of allylic oxidation sites excluding steroid dienone is 1. The van der Waals surface area contributed by atoms with Crippen molar-refractivity contribution in [2.45, 2.75) is 125 Å². The van der Waals surface area contributed by atoms with E-state index in [4.69, 9.17) is 4.74 Å². The van der Waals surface area contributed by atoms with Gasteiger partial charge in [-0.15, -0.1) is 0 Å². The number of esters is 1. The lowest BCUT2D eigenvalue weighted by Gasteiger charge is -2.70. The zero-order valence-electron chi connectivity index (χ0n) is 26.7. The van der Waals surface area contributed by atoms with Gasteiger partial charge in [0.1, 0.15) is 18.4 Å². The average molecular weight is 594 g/mol. The highest BCUT2D eigenvalue weighted by molar-refractivity contribution is 6.00. The van der Waals surface area contributed by atoms with Crippen LogP contribution < -0.4 is 5.32 Å². The minimum atomic E-state index is -4.51. The monoisotopic (exact) mass is 593 g/mol. The molecule has 236 valence electrons. The van der Waals surface area contributed by atoms with Gasteiger partial charge in [0.15, 0.2) is 0 Å². The first-order valence-corrected chi connectivity index (χ1v) is 16.0. The maximum absolute atomic E-state index is 13.7. The van der Waals surface area contributed by atoms with Gasteiger partial charge in [-0.25, -0.2) is 0 Å². The number of halogens is 3. The van der Waals surface area contributed by atoms with Crippen molar-refractivity contribution in [3.63, 3.8) is 0 Å². The van der Waals surface area contributed by atoms with E-state index < -0.39 is 30.0 Å². The SMILES string of the molecule is CC(=O)O[C@H]1CC[C@]2(C)[C@H]3CCC4=C5C(C(C)C)C(=O)C[C@]5(C(=O)NCC(F)(F)F)CC[C@@]4(C)[C@]3(C)CC[C@H]2C1(C)C. The molecule has 0 aromatic carbocycles. The Kier molecular flexibility index (Phi) is 7.38. The van der Waals surface area contributed by atoms with Crippen LogP contribution in [-0.2, 0) is 19.1 Å². The summed E-state index contributed by atoms with van der Waals surface area (Å²) in [7, 11) is 0. The van der Waals surface area contributed by atoms with Gasteiger partial charge in [-0.05, 0) is 90.9 Å². The smallest absolute Gasteiger partial charge is 0.405 e. The van der Waals surface area contributed by atoms with Gasteiger partial charge < -0.3 is 10.1 Å². The molecule has 0 aromatic rings. The second kappa shape index (κ2) is 9.82. The fourth-order valence-electron chi connectivity index (χ4n) is 11.5. The number of rotatable bonds is 4. The molecule has 0 spiro atoms. The largest absolute Gasteiger partial charge is 0.462 e. The van der Waals surface area contributed by atoms with Crippen LogP contribution in [0.25, 0.3) is 0 Å². The third kappa shape index (κ3) is 4.34. The number of alkyl halides is 3. The Balaban J connectivity index is 1.58. The number of hydrogen-bond donors (Lipinski definition) is 1. The van der Waals surface area contributed by atoms with Crippen LogP contribution in [-0.4, -0.2) is 36.5 Å². The minimum Gasteiger partial charge on any atom is -0.462 e. The van der Waals surface area contributed by atoms with E-state index in [0.29, 0.717) is 24.7 Å². The first kappa shape index (κ1) is 31.6. The van der Waals surface area contributed by atoms with Gasteiger partial charge in [-0.1, -0.05) is 54.0 Å². The van der Waals surface area contributed by atoms with Gasteiger partial charge in [0, 0.05) is 24.7 Å². The zero-order chi connectivity index (χ0) is 31.3. The third-order valence-corrected chi connectivity index (χ3v) is 13.5. The summed E-state index contributed by atoms with van der Waals surface area (Å²) in [5.41, 5.74) is 0.440.